The maximum absolute atomic E-state index is 12.5. The summed E-state index contributed by atoms with van der Waals surface area (Å²) in [6, 6.07) is 6.78. The Labute approximate surface area is 139 Å². The third kappa shape index (κ3) is 4.54. The normalized spacial score (nSPS) is 20.3. The van der Waals surface area contributed by atoms with Gasteiger partial charge in [-0.15, -0.1) is 0 Å². The zero-order valence-electron chi connectivity index (χ0n) is 14.3. The van der Waals surface area contributed by atoms with E-state index in [0.717, 1.165) is 25.2 Å². The molecule has 0 aliphatic carbocycles. The zero-order valence-corrected chi connectivity index (χ0v) is 15.1. The maximum Gasteiger partial charge on any atom is 0.239 e. The van der Waals surface area contributed by atoms with Gasteiger partial charge in [0.1, 0.15) is 0 Å². The fourth-order valence-corrected chi connectivity index (χ4v) is 3.52. The summed E-state index contributed by atoms with van der Waals surface area (Å²) in [6.07, 6.45) is 1.21. The van der Waals surface area contributed by atoms with Gasteiger partial charge in [-0.1, -0.05) is 26.0 Å². The van der Waals surface area contributed by atoms with Crippen LogP contribution in [0.1, 0.15) is 26.3 Å². The smallest absolute Gasteiger partial charge is 0.239 e. The number of amides is 1. The lowest BCUT2D eigenvalue weighted by atomic mass is 10.1. The second kappa shape index (κ2) is 7.01. The first-order valence-electron chi connectivity index (χ1n) is 8.00. The lowest BCUT2D eigenvalue weighted by molar-refractivity contribution is -0.141. The average Bonchev–Trinajstić information content (AvgIpc) is 2.46. The van der Waals surface area contributed by atoms with E-state index in [4.69, 9.17) is 0 Å². The predicted molar refractivity (Wildman–Crippen MR) is 90.8 cm³/mol. The van der Waals surface area contributed by atoms with Gasteiger partial charge in [-0.25, -0.2) is 8.42 Å². The Morgan fingerprint density at radius 2 is 1.78 bits per heavy atom. The summed E-state index contributed by atoms with van der Waals surface area (Å²) in [5, 5.41) is 0. The highest BCUT2D eigenvalue weighted by Gasteiger charge is 2.31. The van der Waals surface area contributed by atoms with Crippen molar-refractivity contribution in [3.8, 4) is 0 Å². The number of rotatable bonds is 5. The van der Waals surface area contributed by atoms with Crippen LogP contribution < -0.4 is 0 Å². The molecule has 23 heavy (non-hydrogen) atoms. The van der Waals surface area contributed by atoms with Gasteiger partial charge in [0.25, 0.3) is 0 Å². The second-order valence-corrected chi connectivity index (χ2v) is 8.76. The van der Waals surface area contributed by atoms with Crippen molar-refractivity contribution >= 4 is 15.7 Å². The predicted octanol–water partition coefficient (Wildman–Crippen LogP) is 1.78. The van der Waals surface area contributed by atoms with Gasteiger partial charge in [0.2, 0.25) is 5.91 Å². The zero-order chi connectivity index (χ0) is 17.2. The van der Waals surface area contributed by atoms with Gasteiger partial charge in [0, 0.05) is 32.4 Å². The second-order valence-electron chi connectivity index (χ2n) is 6.74. The summed E-state index contributed by atoms with van der Waals surface area (Å²) in [4.78, 5) is 16.9. The Bertz CT molecular complexity index is 653. The standard InChI is InChI=1S/C17H26N2O3S/c1-13(2)11-19-10-9-18(14(3)17(19)20)12-15-5-7-16(8-6-15)23(4,21)22/h5-8,13-14H,9-12H2,1-4H3. The van der Waals surface area contributed by atoms with Gasteiger partial charge in [-0.3, -0.25) is 9.69 Å². The van der Waals surface area contributed by atoms with Crippen LogP contribution in [0.25, 0.3) is 0 Å². The van der Waals surface area contributed by atoms with Crippen LogP contribution in [0.4, 0.5) is 0 Å². The minimum atomic E-state index is -3.17. The molecule has 1 aliphatic rings. The Kier molecular flexibility index (Phi) is 5.47. The monoisotopic (exact) mass is 338 g/mol. The fraction of sp³-hybridized carbons (Fsp3) is 0.588. The van der Waals surface area contributed by atoms with Crippen molar-refractivity contribution in [2.75, 3.05) is 25.9 Å². The molecule has 0 spiro atoms. The molecule has 5 nitrogen and oxygen atoms in total. The van der Waals surface area contributed by atoms with Crippen molar-refractivity contribution in [2.24, 2.45) is 5.92 Å². The molecule has 0 aromatic heterocycles. The van der Waals surface area contributed by atoms with Gasteiger partial charge in [0.05, 0.1) is 10.9 Å². The number of hydrogen-bond acceptors (Lipinski definition) is 4. The molecule has 0 N–H and O–H groups in total. The van der Waals surface area contributed by atoms with Crippen molar-refractivity contribution in [2.45, 2.75) is 38.3 Å². The Morgan fingerprint density at radius 1 is 1.17 bits per heavy atom. The Hall–Kier alpha value is -1.40. The third-order valence-electron chi connectivity index (χ3n) is 4.20. The van der Waals surface area contributed by atoms with Crippen LogP contribution in [0, 0.1) is 5.92 Å². The van der Waals surface area contributed by atoms with Crippen molar-refractivity contribution in [3.05, 3.63) is 29.8 Å². The van der Waals surface area contributed by atoms with Gasteiger partial charge < -0.3 is 4.90 Å². The highest BCUT2D eigenvalue weighted by atomic mass is 32.2. The number of piperazine rings is 1. The van der Waals surface area contributed by atoms with Gasteiger partial charge in [-0.2, -0.15) is 0 Å². The van der Waals surface area contributed by atoms with E-state index in [1.807, 2.05) is 24.0 Å². The molecule has 2 rings (SSSR count). The molecule has 1 amide bonds. The van der Waals surface area contributed by atoms with E-state index in [1.165, 1.54) is 6.26 Å². The van der Waals surface area contributed by atoms with E-state index >= 15 is 0 Å². The molecule has 1 saturated heterocycles. The van der Waals surface area contributed by atoms with Crippen molar-refractivity contribution in [3.63, 3.8) is 0 Å². The van der Waals surface area contributed by atoms with Crippen LogP contribution in [-0.4, -0.2) is 56.1 Å². The molecule has 1 aromatic rings. The van der Waals surface area contributed by atoms with Crippen LogP contribution in [0.15, 0.2) is 29.2 Å². The summed E-state index contributed by atoms with van der Waals surface area (Å²) < 4.78 is 23.0. The summed E-state index contributed by atoms with van der Waals surface area (Å²) in [7, 11) is -3.17. The van der Waals surface area contributed by atoms with Crippen LogP contribution in [0.5, 0.6) is 0 Å². The fourth-order valence-electron chi connectivity index (χ4n) is 2.89. The Morgan fingerprint density at radius 3 is 2.30 bits per heavy atom. The van der Waals surface area contributed by atoms with E-state index < -0.39 is 9.84 Å². The summed E-state index contributed by atoms with van der Waals surface area (Å²) >= 11 is 0. The van der Waals surface area contributed by atoms with Gasteiger partial charge in [0.15, 0.2) is 9.84 Å². The largest absolute Gasteiger partial charge is 0.340 e. The van der Waals surface area contributed by atoms with Crippen molar-refractivity contribution in [1.82, 2.24) is 9.80 Å². The lowest BCUT2D eigenvalue weighted by Gasteiger charge is -2.39. The number of hydrogen-bond donors (Lipinski definition) is 0. The quantitative estimate of drug-likeness (QED) is 0.821. The van der Waals surface area contributed by atoms with E-state index in [2.05, 4.69) is 18.7 Å². The molecule has 0 bridgehead atoms. The van der Waals surface area contributed by atoms with Crippen molar-refractivity contribution in [1.29, 1.82) is 0 Å². The maximum atomic E-state index is 12.5. The summed E-state index contributed by atoms with van der Waals surface area (Å²) in [5.74, 6) is 0.652. The molecular weight excluding hydrogens is 312 g/mol. The van der Waals surface area contributed by atoms with Gasteiger partial charge in [-0.05, 0) is 30.5 Å². The minimum absolute atomic E-state index is 0.142. The summed E-state index contributed by atoms with van der Waals surface area (Å²) in [6.45, 7) is 9.24. The third-order valence-corrected chi connectivity index (χ3v) is 5.33. The van der Waals surface area contributed by atoms with E-state index in [1.54, 1.807) is 12.1 Å². The van der Waals surface area contributed by atoms with Crippen molar-refractivity contribution < 1.29 is 13.2 Å². The SMILES string of the molecule is CC(C)CN1CCN(Cc2ccc(S(C)(=O)=O)cc2)C(C)C1=O. The molecule has 1 fully saturated rings. The lowest BCUT2D eigenvalue weighted by Crippen LogP contribution is -2.56. The van der Waals surface area contributed by atoms with Gasteiger partial charge >= 0.3 is 0 Å². The molecule has 1 aliphatic heterocycles. The highest BCUT2D eigenvalue weighted by Crippen LogP contribution is 2.17. The molecule has 128 valence electrons. The first kappa shape index (κ1) is 17.9. The minimum Gasteiger partial charge on any atom is -0.340 e. The molecule has 1 heterocycles. The number of carbonyl (C=O) groups excluding carboxylic acids is 1. The molecule has 6 heteroatoms. The molecule has 1 atom stereocenters. The van der Waals surface area contributed by atoms with Crippen LogP contribution >= 0.6 is 0 Å². The topological polar surface area (TPSA) is 57.7 Å². The first-order chi connectivity index (χ1) is 10.7. The average molecular weight is 338 g/mol. The van der Waals surface area contributed by atoms with Crippen LogP contribution in [0.3, 0.4) is 0 Å². The highest BCUT2D eigenvalue weighted by molar-refractivity contribution is 7.90. The number of sulfone groups is 1. The van der Waals surface area contributed by atoms with E-state index in [-0.39, 0.29) is 11.9 Å². The molecule has 0 radical (unpaired) electrons. The van der Waals surface area contributed by atoms with E-state index in [0.29, 0.717) is 17.4 Å². The Balaban J connectivity index is 2.03. The first-order valence-corrected chi connectivity index (χ1v) is 9.89. The number of benzene rings is 1. The van der Waals surface area contributed by atoms with Crippen LogP contribution in [-0.2, 0) is 21.2 Å². The molecule has 0 saturated carbocycles. The molecule has 1 aromatic carbocycles. The number of carbonyl (C=O) groups is 1. The molecular formula is C17H26N2O3S. The van der Waals surface area contributed by atoms with Crippen LogP contribution in [0.2, 0.25) is 0 Å². The number of nitrogens with zero attached hydrogens (tertiary/aromatic N) is 2. The van der Waals surface area contributed by atoms with E-state index in [9.17, 15) is 13.2 Å². The summed E-state index contributed by atoms with van der Waals surface area (Å²) in [5.41, 5.74) is 1.02. The molecule has 1 unspecified atom stereocenters.